The van der Waals surface area contributed by atoms with Gasteiger partial charge in [-0.3, -0.25) is 9.98 Å². The Labute approximate surface area is 709 Å². The first-order valence-corrected chi connectivity index (χ1v) is 42.5. The van der Waals surface area contributed by atoms with Crippen LogP contribution in [0.15, 0.2) is 425 Å². The predicted molar refractivity (Wildman–Crippen MR) is 493 cm³/mol. The summed E-state index contributed by atoms with van der Waals surface area (Å²) in [5, 5.41) is 1.11. The molecule has 11 heteroatoms. The highest BCUT2D eigenvalue weighted by Gasteiger charge is 2.54. The topological polar surface area (TPSA) is 129 Å². The smallest absolute Gasteiger partial charge is 0.164 e. The maximum absolute atomic E-state index is 5.77. The minimum atomic E-state index is -0.771. The SMILES string of the molecule is N/C=C\C=Nc1ccccc1C1C=C2Sc3cc(-c4cccc(-c5nc(-c6ccccc6)nc(-c6cccc(-c7cccc8c7-c7ccccc7C87c8ccc(-c9cccc(-c%10cccc%11cccnc%10%11)c9)cc8Sc8cc(-c9nc(-c%10ccccc%10)nc(-c%10ccccc%10)n9)ccc87)c6)n5)c4)ccc3C3(C2=CC1)c1ccccc1-c1ccccc13. The Kier molecular flexibility index (Phi) is 17.3. The van der Waals surface area contributed by atoms with Crippen molar-refractivity contribution in [2.75, 3.05) is 0 Å². The van der Waals surface area contributed by atoms with E-state index < -0.39 is 10.8 Å². The molecule has 2 N–H and O–H groups in total. The number of aromatic nitrogens is 7. The summed E-state index contributed by atoms with van der Waals surface area (Å²) >= 11 is 3.68. The molecule has 0 saturated heterocycles. The molecule has 3 aromatic heterocycles. The van der Waals surface area contributed by atoms with E-state index in [1.807, 2.05) is 90.4 Å². The van der Waals surface area contributed by atoms with Crippen LogP contribution in [0.2, 0.25) is 0 Å². The third-order valence-corrected chi connectivity index (χ3v) is 26.9. The van der Waals surface area contributed by atoms with E-state index in [1.54, 1.807) is 12.3 Å². The van der Waals surface area contributed by atoms with Gasteiger partial charge in [-0.1, -0.05) is 351 Å². The van der Waals surface area contributed by atoms with Crippen LogP contribution in [-0.2, 0) is 10.8 Å². The van der Waals surface area contributed by atoms with Gasteiger partial charge in [-0.25, -0.2) is 29.9 Å². The van der Waals surface area contributed by atoms with Crippen LogP contribution in [0.3, 0.4) is 0 Å². The molecular weight excluding hydrogens is 1510 g/mol. The van der Waals surface area contributed by atoms with Crippen LogP contribution in [-0.4, -0.2) is 41.1 Å². The van der Waals surface area contributed by atoms with Crippen LogP contribution in [0.1, 0.15) is 56.8 Å². The molecule has 18 aromatic rings. The lowest BCUT2D eigenvalue weighted by atomic mass is 9.65. The summed E-state index contributed by atoms with van der Waals surface area (Å²) in [7, 11) is 0. The van der Waals surface area contributed by atoms with Gasteiger partial charge in [0.25, 0.3) is 0 Å². The van der Waals surface area contributed by atoms with Crippen molar-refractivity contribution >= 4 is 46.3 Å². The minimum Gasteiger partial charge on any atom is -0.405 e. The molecule has 3 aliphatic carbocycles. The second-order valence-corrected chi connectivity index (χ2v) is 33.4. The second-order valence-electron chi connectivity index (χ2n) is 31.2. The number of allylic oxidation sites excluding steroid dienone is 4. The number of nitrogens with zero attached hydrogens (tertiary/aromatic N) is 8. The molecule has 568 valence electrons. The van der Waals surface area contributed by atoms with Crippen molar-refractivity contribution in [1.82, 2.24) is 34.9 Å². The van der Waals surface area contributed by atoms with Crippen molar-refractivity contribution in [2.24, 2.45) is 10.7 Å². The molecule has 0 bridgehead atoms. The predicted octanol–water partition coefficient (Wildman–Crippen LogP) is 26.7. The zero-order chi connectivity index (χ0) is 80.1. The van der Waals surface area contributed by atoms with E-state index in [0.29, 0.717) is 34.9 Å². The minimum absolute atomic E-state index is 0.104. The number of benzene rings is 15. The van der Waals surface area contributed by atoms with Crippen LogP contribution < -0.4 is 5.73 Å². The molecule has 0 radical (unpaired) electrons. The van der Waals surface area contributed by atoms with Crippen LogP contribution in [0.25, 0.3) is 146 Å². The molecule has 2 aliphatic heterocycles. The monoisotopic (exact) mass is 1580 g/mol. The number of para-hydroxylation sites is 2. The quantitative estimate of drug-likeness (QED) is 0.111. The Hall–Kier alpha value is -14.9. The van der Waals surface area contributed by atoms with Gasteiger partial charge in [0.05, 0.1) is 22.0 Å². The lowest BCUT2D eigenvalue weighted by molar-refractivity contribution is 0.710. The number of hydrogen-bond acceptors (Lipinski definition) is 11. The Balaban J connectivity index is 0.647. The van der Waals surface area contributed by atoms with Crippen molar-refractivity contribution < 1.29 is 0 Å². The molecule has 0 amide bonds. The molecule has 5 aliphatic rings. The van der Waals surface area contributed by atoms with E-state index in [2.05, 4.69) is 315 Å². The summed E-state index contributed by atoms with van der Waals surface area (Å²) in [5.74, 6) is 3.66. The van der Waals surface area contributed by atoms with Crippen molar-refractivity contribution in [3.8, 4) is 135 Å². The largest absolute Gasteiger partial charge is 0.405 e. The standard InChI is InChI=1S/C110H71N9S2/c111-58-24-60-112-96-49-17-13-39-82(96)78-52-56-92-99(66-78)120-97-65-75(50-54-91(97)109(92)88-45-14-10-40-85(88)86-41-11-15-46-89(86)109)73-33-19-36-79(62-73)106-115-105(71-29-8-3-9-30-71)116-107(119-106)80-37-20-34-76(63-80)83-43-22-48-95-101(83)87-42-12-16-47-90(87)110(95)93-55-51-74(72-32-18-35-77(61-72)84-44-21-31-68-38-23-59-113-102(68)84)64-98(93)121-100-67-81(53-57-94(100)110)108-117-103(69-25-4-1-5-26-69)114-104(118-108)70-27-6-2-7-28-70/h1-51,53-67,78H,52,111H2/b58-24-,112-60?. The number of hydrogen-bond donors (Lipinski definition) is 1. The number of pyridine rings is 1. The first-order valence-electron chi connectivity index (χ1n) is 40.9. The van der Waals surface area contributed by atoms with E-state index in [1.165, 1.54) is 88.3 Å². The summed E-state index contributed by atoms with van der Waals surface area (Å²) in [6.07, 6.45) is 12.8. The molecule has 0 fully saturated rings. The van der Waals surface area contributed by atoms with Crippen molar-refractivity contribution in [3.05, 3.63) is 450 Å². The maximum Gasteiger partial charge on any atom is 0.164 e. The molecular formula is C110H71N9S2. The van der Waals surface area contributed by atoms with Crippen molar-refractivity contribution in [2.45, 2.75) is 37.9 Å². The first-order chi connectivity index (χ1) is 59.9. The summed E-state index contributed by atoms with van der Waals surface area (Å²) < 4.78 is 0. The fourth-order valence-corrected chi connectivity index (χ4v) is 21.9. The van der Waals surface area contributed by atoms with Crippen molar-refractivity contribution in [3.63, 3.8) is 0 Å². The Morgan fingerprint density at radius 2 is 0.727 bits per heavy atom. The lowest BCUT2D eigenvalue weighted by Gasteiger charge is -2.43. The van der Waals surface area contributed by atoms with Crippen LogP contribution in [0, 0.1) is 0 Å². The highest BCUT2D eigenvalue weighted by molar-refractivity contribution is 8.03. The van der Waals surface area contributed by atoms with Crippen LogP contribution >= 0.6 is 23.5 Å². The fourth-order valence-electron chi connectivity index (χ4n) is 19.3. The number of nitrogens with two attached hydrogens (primary N) is 1. The molecule has 15 aromatic carbocycles. The van der Waals surface area contributed by atoms with E-state index in [-0.39, 0.29) is 5.92 Å². The highest BCUT2D eigenvalue weighted by Crippen LogP contribution is 2.67. The molecule has 121 heavy (non-hydrogen) atoms. The second kappa shape index (κ2) is 29.3. The molecule has 5 heterocycles. The van der Waals surface area contributed by atoms with E-state index in [0.717, 1.165) is 111 Å². The summed E-state index contributed by atoms with van der Waals surface area (Å²) in [4.78, 5) is 46.5. The molecule has 2 spiro atoms. The summed E-state index contributed by atoms with van der Waals surface area (Å²) in [6.45, 7) is 0. The third kappa shape index (κ3) is 11.9. The number of thioether (sulfide) groups is 1. The number of aliphatic imine (C=N–C) groups is 1. The van der Waals surface area contributed by atoms with Gasteiger partial charge in [-0.2, -0.15) is 0 Å². The average molecular weight is 1580 g/mol. The van der Waals surface area contributed by atoms with Crippen molar-refractivity contribution in [1.29, 1.82) is 0 Å². The normalized spacial score (nSPS) is 15.4. The van der Waals surface area contributed by atoms with E-state index >= 15 is 0 Å². The lowest BCUT2D eigenvalue weighted by Crippen LogP contribution is -2.34. The molecule has 2 unspecified atom stereocenters. The zero-order valence-corrected chi connectivity index (χ0v) is 67.0. The van der Waals surface area contributed by atoms with Gasteiger partial charge < -0.3 is 5.73 Å². The van der Waals surface area contributed by atoms with Gasteiger partial charge in [-0.05, 0) is 179 Å². The number of rotatable bonds is 13. The maximum atomic E-state index is 5.77. The molecule has 9 nitrogen and oxygen atoms in total. The van der Waals surface area contributed by atoms with Gasteiger partial charge in [0.1, 0.15) is 0 Å². The van der Waals surface area contributed by atoms with E-state index in [9.17, 15) is 0 Å². The van der Waals surface area contributed by atoms with Gasteiger partial charge in [0.15, 0.2) is 34.9 Å². The summed E-state index contributed by atoms with van der Waals surface area (Å²) in [6, 6.07) is 131. The third-order valence-electron chi connectivity index (χ3n) is 24.6. The zero-order valence-electron chi connectivity index (χ0n) is 65.4. The van der Waals surface area contributed by atoms with Gasteiger partial charge in [0.2, 0.25) is 0 Å². The van der Waals surface area contributed by atoms with Gasteiger partial charge in [-0.15, -0.1) is 0 Å². The highest BCUT2D eigenvalue weighted by atomic mass is 32.2. The fraction of sp³-hybridized carbons (Fsp3) is 0.0364. The van der Waals surface area contributed by atoms with Gasteiger partial charge >= 0.3 is 0 Å². The first kappa shape index (κ1) is 71.4. The molecule has 0 saturated carbocycles. The van der Waals surface area contributed by atoms with Gasteiger partial charge in [0, 0.05) is 82.3 Å². The average Bonchev–Trinajstić information content (AvgIpc) is 1.53. The summed E-state index contributed by atoms with van der Waals surface area (Å²) in [5.41, 5.74) is 36.6. The van der Waals surface area contributed by atoms with Crippen LogP contribution in [0.4, 0.5) is 5.69 Å². The Bertz CT molecular complexity index is 7310. The van der Waals surface area contributed by atoms with E-state index in [4.69, 9.17) is 45.6 Å². The number of fused-ring (bicyclic) bond motifs is 19. The van der Waals surface area contributed by atoms with Crippen LogP contribution in [0.5, 0.6) is 0 Å². The Morgan fingerprint density at radius 1 is 0.322 bits per heavy atom. The Morgan fingerprint density at radius 3 is 1.33 bits per heavy atom. The molecule has 2 atom stereocenters. The molecule has 23 rings (SSSR count).